The highest BCUT2D eigenvalue weighted by Crippen LogP contribution is 2.42. The molecule has 1 amide bonds. The van der Waals surface area contributed by atoms with Crippen molar-refractivity contribution in [2.45, 2.75) is 38.4 Å². The van der Waals surface area contributed by atoms with Crippen molar-refractivity contribution >= 4 is 17.4 Å². The average molecular weight is 457 g/mol. The summed E-state index contributed by atoms with van der Waals surface area (Å²) < 4.78 is 5.67. The van der Waals surface area contributed by atoms with Crippen molar-refractivity contribution in [2.24, 2.45) is 0 Å². The third-order valence-corrected chi connectivity index (χ3v) is 6.82. The largest absolute Gasteiger partial charge is 0.507 e. The fourth-order valence-corrected chi connectivity index (χ4v) is 5.02. The number of amides is 1. The van der Waals surface area contributed by atoms with Gasteiger partial charge in [-0.3, -0.25) is 14.5 Å². The molecule has 1 unspecified atom stereocenters. The fourth-order valence-electron chi connectivity index (χ4n) is 5.02. The second-order valence-electron chi connectivity index (χ2n) is 9.08. The minimum atomic E-state index is -0.734. The second kappa shape index (κ2) is 9.31. The Morgan fingerprint density at radius 2 is 1.68 bits per heavy atom. The Labute approximate surface area is 199 Å². The Balaban J connectivity index is 1.43. The van der Waals surface area contributed by atoms with Crippen molar-refractivity contribution in [3.05, 3.63) is 101 Å². The van der Waals surface area contributed by atoms with Gasteiger partial charge in [-0.25, -0.2) is 0 Å². The first-order chi connectivity index (χ1) is 16.5. The number of ketones is 1. The number of benzene rings is 2. The van der Waals surface area contributed by atoms with Gasteiger partial charge in [-0.2, -0.15) is 0 Å². The summed E-state index contributed by atoms with van der Waals surface area (Å²) in [5.74, 6) is -0.911. The Bertz CT molecular complexity index is 1190. The Morgan fingerprint density at radius 1 is 0.971 bits per heavy atom. The maximum atomic E-state index is 13.3. The topological polar surface area (TPSA) is 74.0 Å². The Hall–Kier alpha value is -3.64. The third-order valence-electron chi connectivity index (χ3n) is 6.82. The van der Waals surface area contributed by atoms with Crippen molar-refractivity contribution in [1.82, 2.24) is 9.80 Å². The number of rotatable bonds is 5. The molecule has 3 heterocycles. The van der Waals surface area contributed by atoms with Crippen LogP contribution in [0.1, 0.15) is 41.3 Å². The van der Waals surface area contributed by atoms with Crippen LogP contribution < -0.4 is 0 Å². The maximum absolute atomic E-state index is 13.3. The van der Waals surface area contributed by atoms with E-state index >= 15 is 0 Å². The SMILES string of the molecule is Cc1ccc(/C(O)=C2/C(=O)C(=O)N(C3CCN(Cc4ccccc4)CC3)C2c2ccco2)cc1. The molecule has 6 nitrogen and oxygen atoms in total. The van der Waals surface area contributed by atoms with Gasteiger partial charge >= 0.3 is 0 Å². The average Bonchev–Trinajstić information content (AvgIpc) is 3.47. The van der Waals surface area contributed by atoms with Crippen LogP contribution >= 0.6 is 0 Å². The Morgan fingerprint density at radius 3 is 2.32 bits per heavy atom. The second-order valence-corrected chi connectivity index (χ2v) is 9.08. The number of likely N-dealkylation sites (tertiary alicyclic amines) is 2. The van der Waals surface area contributed by atoms with Gasteiger partial charge in [0.25, 0.3) is 11.7 Å². The molecule has 2 aromatic carbocycles. The lowest BCUT2D eigenvalue weighted by atomic mass is 9.96. The summed E-state index contributed by atoms with van der Waals surface area (Å²) in [6.07, 6.45) is 3.03. The van der Waals surface area contributed by atoms with Crippen molar-refractivity contribution in [2.75, 3.05) is 13.1 Å². The summed E-state index contributed by atoms with van der Waals surface area (Å²) in [6.45, 7) is 4.47. The summed E-state index contributed by atoms with van der Waals surface area (Å²) in [7, 11) is 0. The van der Waals surface area contributed by atoms with Crippen LogP contribution in [0, 0.1) is 6.92 Å². The fraction of sp³-hybridized carbons (Fsp3) is 0.286. The number of hydrogen-bond donors (Lipinski definition) is 1. The molecule has 2 fully saturated rings. The molecule has 2 aliphatic heterocycles. The Kier molecular flexibility index (Phi) is 6.07. The molecular formula is C28H28N2O4. The molecule has 1 N–H and O–H groups in total. The molecule has 0 radical (unpaired) electrons. The molecule has 0 bridgehead atoms. The molecule has 174 valence electrons. The monoisotopic (exact) mass is 456 g/mol. The van der Waals surface area contributed by atoms with Crippen LogP contribution in [0.5, 0.6) is 0 Å². The van der Waals surface area contributed by atoms with E-state index in [-0.39, 0.29) is 17.4 Å². The van der Waals surface area contributed by atoms with Gasteiger partial charge in [0.15, 0.2) is 0 Å². The first kappa shape index (κ1) is 22.2. The summed E-state index contributed by atoms with van der Waals surface area (Å²) in [6, 6.07) is 20.3. The number of Topliss-reactive ketones (excluding diaryl/α,β-unsaturated/α-hetero) is 1. The first-order valence-electron chi connectivity index (χ1n) is 11.7. The predicted octanol–water partition coefficient (Wildman–Crippen LogP) is 4.67. The van der Waals surface area contributed by atoms with Crippen LogP contribution in [0.25, 0.3) is 5.76 Å². The van der Waals surface area contributed by atoms with Crippen LogP contribution in [-0.4, -0.2) is 45.7 Å². The van der Waals surface area contributed by atoms with Crippen molar-refractivity contribution in [3.8, 4) is 0 Å². The number of nitrogens with zero attached hydrogens (tertiary/aromatic N) is 2. The van der Waals surface area contributed by atoms with Gasteiger partial charge in [-0.1, -0.05) is 60.2 Å². The van der Waals surface area contributed by atoms with Crippen LogP contribution in [0.15, 0.2) is 83.0 Å². The van der Waals surface area contributed by atoms with Crippen LogP contribution in [0.4, 0.5) is 0 Å². The number of carbonyl (C=O) groups is 2. The first-order valence-corrected chi connectivity index (χ1v) is 11.7. The van der Waals surface area contributed by atoms with Gasteiger partial charge < -0.3 is 14.4 Å². The lowest BCUT2D eigenvalue weighted by Gasteiger charge is -2.38. The zero-order valence-corrected chi connectivity index (χ0v) is 19.2. The molecule has 34 heavy (non-hydrogen) atoms. The summed E-state index contributed by atoms with van der Waals surface area (Å²) in [5.41, 5.74) is 2.91. The van der Waals surface area contributed by atoms with Gasteiger partial charge in [-0.05, 0) is 37.5 Å². The van der Waals surface area contributed by atoms with Crippen LogP contribution in [0.2, 0.25) is 0 Å². The van der Waals surface area contributed by atoms with Crippen molar-refractivity contribution < 1.29 is 19.1 Å². The maximum Gasteiger partial charge on any atom is 0.296 e. The molecule has 3 aromatic rings. The highest BCUT2D eigenvalue weighted by atomic mass is 16.3. The van der Waals surface area contributed by atoms with Crippen LogP contribution in [0.3, 0.4) is 0 Å². The zero-order chi connectivity index (χ0) is 23.7. The van der Waals surface area contributed by atoms with Gasteiger partial charge in [0.2, 0.25) is 0 Å². The van der Waals surface area contributed by atoms with E-state index in [0.717, 1.165) is 38.0 Å². The lowest BCUT2D eigenvalue weighted by molar-refractivity contribution is -0.142. The van der Waals surface area contributed by atoms with E-state index in [0.29, 0.717) is 11.3 Å². The number of aryl methyl sites for hydroxylation is 1. The smallest absolute Gasteiger partial charge is 0.296 e. The summed E-state index contributed by atoms with van der Waals surface area (Å²) >= 11 is 0. The number of aliphatic hydroxyl groups is 1. The van der Waals surface area contributed by atoms with Gasteiger partial charge in [0.1, 0.15) is 17.6 Å². The van der Waals surface area contributed by atoms with Gasteiger partial charge in [-0.15, -0.1) is 0 Å². The number of furan rings is 1. The zero-order valence-electron chi connectivity index (χ0n) is 19.2. The van der Waals surface area contributed by atoms with E-state index in [1.54, 1.807) is 29.2 Å². The highest BCUT2D eigenvalue weighted by Gasteiger charge is 2.50. The standard InChI is InChI=1S/C28H28N2O4/c1-19-9-11-21(12-10-19)26(31)24-25(23-8-5-17-34-23)30(28(33)27(24)32)22-13-15-29(16-14-22)18-20-6-3-2-4-7-20/h2-12,17,22,25,31H,13-16,18H2,1H3/b26-24-. The van der Waals surface area contributed by atoms with Gasteiger partial charge in [0.05, 0.1) is 11.8 Å². The van der Waals surface area contributed by atoms with E-state index in [1.807, 2.05) is 37.3 Å². The minimum Gasteiger partial charge on any atom is -0.507 e. The van der Waals surface area contributed by atoms with Crippen molar-refractivity contribution in [3.63, 3.8) is 0 Å². The molecule has 0 aliphatic carbocycles. The lowest BCUT2D eigenvalue weighted by Crippen LogP contribution is -2.46. The normalized spacial score (nSPS) is 21.3. The molecule has 0 saturated carbocycles. The molecule has 2 saturated heterocycles. The number of hydrogen-bond acceptors (Lipinski definition) is 5. The highest BCUT2D eigenvalue weighted by molar-refractivity contribution is 6.46. The number of aliphatic hydroxyl groups excluding tert-OH is 1. The van der Waals surface area contributed by atoms with Crippen molar-refractivity contribution in [1.29, 1.82) is 0 Å². The molecular weight excluding hydrogens is 428 g/mol. The number of carbonyl (C=O) groups excluding carboxylic acids is 2. The number of piperidine rings is 1. The van der Waals surface area contributed by atoms with Gasteiger partial charge in [0, 0.05) is 31.2 Å². The van der Waals surface area contributed by atoms with Crippen LogP contribution in [-0.2, 0) is 16.1 Å². The quantitative estimate of drug-likeness (QED) is 0.343. The minimum absolute atomic E-state index is 0.0931. The molecule has 2 aliphatic rings. The molecule has 0 spiro atoms. The molecule has 1 aromatic heterocycles. The summed E-state index contributed by atoms with van der Waals surface area (Å²) in [5, 5.41) is 11.1. The molecule has 1 atom stereocenters. The summed E-state index contributed by atoms with van der Waals surface area (Å²) in [4.78, 5) is 30.5. The third kappa shape index (κ3) is 4.17. The molecule has 5 rings (SSSR count). The van der Waals surface area contributed by atoms with E-state index in [2.05, 4.69) is 17.0 Å². The van der Waals surface area contributed by atoms with E-state index in [4.69, 9.17) is 4.42 Å². The van der Waals surface area contributed by atoms with E-state index in [9.17, 15) is 14.7 Å². The molecule has 6 heteroatoms. The van der Waals surface area contributed by atoms with E-state index < -0.39 is 17.7 Å². The predicted molar refractivity (Wildman–Crippen MR) is 129 cm³/mol. The van der Waals surface area contributed by atoms with E-state index in [1.165, 1.54) is 11.8 Å².